The second-order valence-corrected chi connectivity index (χ2v) is 7.86. The van der Waals surface area contributed by atoms with E-state index in [2.05, 4.69) is 0 Å². The first-order chi connectivity index (χ1) is 14.2. The van der Waals surface area contributed by atoms with Crippen molar-refractivity contribution in [1.82, 2.24) is 5.06 Å². The van der Waals surface area contributed by atoms with E-state index in [1.165, 1.54) is 12.2 Å². The summed E-state index contributed by atoms with van der Waals surface area (Å²) in [6.07, 6.45) is -0.688. The largest absolute Gasteiger partial charge is 0.424 e. The maximum absolute atomic E-state index is 13.4. The van der Waals surface area contributed by atoms with Gasteiger partial charge < -0.3 is 9.47 Å². The van der Waals surface area contributed by atoms with Crippen molar-refractivity contribution in [3.63, 3.8) is 0 Å². The monoisotopic (exact) mass is 429 g/mol. The van der Waals surface area contributed by atoms with Gasteiger partial charge in [0.25, 0.3) is 5.91 Å². The van der Waals surface area contributed by atoms with Crippen LogP contribution in [0.3, 0.4) is 0 Å². The molecule has 6 nitrogen and oxygen atoms in total. The highest BCUT2D eigenvalue weighted by atomic mass is 35.5. The van der Waals surface area contributed by atoms with Gasteiger partial charge in [0.2, 0.25) is 0 Å². The summed E-state index contributed by atoms with van der Waals surface area (Å²) in [6, 6.07) is 14.0. The summed E-state index contributed by atoms with van der Waals surface area (Å²) in [5.41, 5.74) is 0.732. The van der Waals surface area contributed by atoms with Crippen LogP contribution in [0, 0.1) is 6.92 Å². The van der Waals surface area contributed by atoms with Gasteiger partial charge in [-0.15, -0.1) is 0 Å². The predicted molar refractivity (Wildman–Crippen MR) is 113 cm³/mol. The van der Waals surface area contributed by atoms with Crippen LogP contribution in [-0.2, 0) is 19.1 Å². The number of amides is 1. The molecule has 1 aliphatic rings. The molecule has 1 unspecified atom stereocenters. The number of hydrogen-bond donors (Lipinski definition) is 0. The van der Waals surface area contributed by atoms with Crippen molar-refractivity contribution in [2.24, 2.45) is 0 Å². The molecule has 0 fully saturated rings. The molecule has 1 atom stereocenters. The molecule has 158 valence electrons. The lowest BCUT2D eigenvalue weighted by Crippen LogP contribution is -2.46. The summed E-state index contributed by atoms with van der Waals surface area (Å²) in [5.74, 6) is -0.864. The normalized spacial score (nSPS) is 16.7. The molecule has 30 heavy (non-hydrogen) atoms. The van der Waals surface area contributed by atoms with Gasteiger partial charge >= 0.3 is 5.97 Å². The standard InChI is InChI=1S/C23H24ClNO5/c1-14-10-6-7-11-16(14)22(27)29-20-19(17-12-8-9-13-18(17)24)21(26)25(23(20,3)4)30-15(2)28-5/h6-13,15H,1-5H3. The highest BCUT2D eigenvalue weighted by molar-refractivity contribution is 6.35. The lowest BCUT2D eigenvalue weighted by atomic mass is 9.99. The maximum atomic E-state index is 13.4. The Kier molecular flexibility index (Phi) is 6.31. The molecular weight excluding hydrogens is 406 g/mol. The summed E-state index contributed by atoms with van der Waals surface area (Å²) in [5, 5.41) is 1.53. The summed E-state index contributed by atoms with van der Waals surface area (Å²) in [7, 11) is 1.47. The number of benzene rings is 2. The van der Waals surface area contributed by atoms with Crippen LogP contribution in [0.1, 0.15) is 42.3 Å². The summed E-state index contributed by atoms with van der Waals surface area (Å²) >= 11 is 6.38. The minimum atomic E-state index is -1.09. The smallest absolute Gasteiger partial charge is 0.343 e. The molecule has 0 aliphatic carbocycles. The van der Waals surface area contributed by atoms with E-state index in [4.69, 9.17) is 25.9 Å². The fourth-order valence-electron chi connectivity index (χ4n) is 3.25. The number of aryl methyl sites for hydroxylation is 1. The number of hydrogen-bond acceptors (Lipinski definition) is 5. The third-order valence-corrected chi connectivity index (χ3v) is 5.31. The number of carbonyl (C=O) groups excluding carboxylic acids is 2. The van der Waals surface area contributed by atoms with Crippen LogP contribution in [0.5, 0.6) is 0 Å². The molecule has 1 amide bonds. The quantitative estimate of drug-likeness (QED) is 0.489. The second kappa shape index (κ2) is 8.60. The first-order valence-corrected chi connectivity index (χ1v) is 9.87. The van der Waals surface area contributed by atoms with Crippen LogP contribution in [0.15, 0.2) is 54.3 Å². The molecule has 2 aromatic rings. The van der Waals surface area contributed by atoms with Crippen LogP contribution in [-0.4, -0.2) is 35.9 Å². The third-order valence-electron chi connectivity index (χ3n) is 4.98. The third kappa shape index (κ3) is 3.99. The van der Waals surface area contributed by atoms with Crippen LogP contribution in [0.25, 0.3) is 5.57 Å². The Bertz CT molecular complexity index is 1010. The summed E-state index contributed by atoms with van der Waals surface area (Å²) in [4.78, 5) is 32.0. The summed E-state index contributed by atoms with van der Waals surface area (Å²) < 4.78 is 11.0. The van der Waals surface area contributed by atoms with Crippen LogP contribution >= 0.6 is 11.6 Å². The number of esters is 1. The molecule has 0 saturated heterocycles. The van der Waals surface area contributed by atoms with Gasteiger partial charge in [0.15, 0.2) is 6.29 Å². The molecular formula is C23H24ClNO5. The zero-order chi connectivity index (χ0) is 22.1. The van der Waals surface area contributed by atoms with E-state index in [1.54, 1.807) is 57.2 Å². The molecule has 3 rings (SSSR count). The van der Waals surface area contributed by atoms with E-state index in [1.807, 2.05) is 19.1 Å². The number of hydroxylamine groups is 2. The van der Waals surface area contributed by atoms with Gasteiger partial charge in [0.1, 0.15) is 11.3 Å². The highest BCUT2D eigenvalue weighted by Gasteiger charge is 2.50. The fraction of sp³-hybridized carbons (Fsp3) is 0.304. The Labute approximate surface area is 180 Å². The Morgan fingerprint density at radius 2 is 1.73 bits per heavy atom. The van der Waals surface area contributed by atoms with E-state index < -0.39 is 23.7 Å². The van der Waals surface area contributed by atoms with Crippen molar-refractivity contribution in [3.05, 3.63) is 76.0 Å². The Morgan fingerprint density at radius 3 is 2.37 bits per heavy atom. The van der Waals surface area contributed by atoms with E-state index in [0.29, 0.717) is 16.1 Å². The molecule has 0 radical (unpaired) electrons. The molecule has 1 heterocycles. The lowest BCUT2D eigenvalue weighted by molar-refractivity contribution is -0.276. The number of methoxy groups -OCH3 is 1. The first kappa shape index (κ1) is 22.0. The number of ether oxygens (including phenoxy) is 2. The van der Waals surface area contributed by atoms with Crippen molar-refractivity contribution in [1.29, 1.82) is 0 Å². The minimum Gasteiger partial charge on any atom is -0.424 e. The fourth-order valence-corrected chi connectivity index (χ4v) is 3.48. The van der Waals surface area contributed by atoms with Crippen molar-refractivity contribution in [3.8, 4) is 0 Å². The minimum absolute atomic E-state index is 0.164. The molecule has 2 aromatic carbocycles. The average molecular weight is 430 g/mol. The van der Waals surface area contributed by atoms with Gasteiger partial charge in [0.05, 0.1) is 11.1 Å². The molecule has 0 saturated carbocycles. The van der Waals surface area contributed by atoms with Crippen molar-refractivity contribution < 1.29 is 23.9 Å². The van der Waals surface area contributed by atoms with Crippen LogP contribution in [0.4, 0.5) is 0 Å². The van der Waals surface area contributed by atoms with Gasteiger partial charge in [-0.3, -0.25) is 4.79 Å². The van der Waals surface area contributed by atoms with E-state index in [-0.39, 0.29) is 11.3 Å². The molecule has 1 aliphatic heterocycles. The Hall–Kier alpha value is -2.67. The number of halogens is 1. The Balaban J connectivity index is 2.11. The van der Waals surface area contributed by atoms with Gasteiger partial charge in [-0.05, 0) is 45.4 Å². The predicted octanol–water partition coefficient (Wildman–Crippen LogP) is 4.76. The lowest BCUT2D eigenvalue weighted by Gasteiger charge is -2.33. The first-order valence-electron chi connectivity index (χ1n) is 9.50. The molecule has 0 spiro atoms. The van der Waals surface area contributed by atoms with Gasteiger partial charge in [-0.2, -0.15) is 0 Å². The molecule has 7 heteroatoms. The molecule has 0 bridgehead atoms. The van der Waals surface area contributed by atoms with Crippen molar-refractivity contribution in [2.45, 2.75) is 39.5 Å². The van der Waals surface area contributed by atoms with Crippen LogP contribution < -0.4 is 0 Å². The van der Waals surface area contributed by atoms with Crippen LogP contribution in [0.2, 0.25) is 5.02 Å². The number of carbonyl (C=O) groups is 2. The van der Waals surface area contributed by atoms with E-state index >= 15 is 0 Å². The SMILES string of the molecule is COC(C)ON1C(=O)C(c2ccccc2Cl)=C(OC(=O)c2ccccc2C)C1(C)C. The van der Waals surface area contributed by atoms with Crippen molar-refractivity contribution >= 4 is 29.1 Å². The topological polar surface area (TPSA) is 65.1 Å². The number of nitrogens with zero attached hydrogens (tertiary/aromatic N) is 1. The average Bonchev–Trinajstić information content (AvgIpc) is 2.89. The Morgan fingerprint density at radius 1 is 1.10 bits per heavy atom. The molecule has 0 aromatic heterocycles. The second-order valence-electron chi connectivity index (χ2n) is 7.46. The molecule has 0 N–H and O–H groups in total. The van der Waals surface area contributed by atoms with Gasteiger partial charge in [0, 0.05) is 17.7 Å². The van der Waals surface area contributed by atoms with E-state index in [0.717, 1.165) is 5.56 Å². The van der Waals surface area contributed by atoms with E-state index in [9.17, 15) is 9.59 Å². The van der Waals surface area contributed by atoms with Gasteiger partial charge in [-0.25, -0.2) is 14.7 Å². The van der Waals surface area contributed by atoms with Gasteiger partial charge in [-0.1, -0.05) is 48.0 Å². The number of rotatable bonds is 6. The maximum Gasteiger partial charge on any atom is 0.343 e. The zero-order valence-electron chi connectivity index (χ0n) is 17.6. The highest BCUT2D eigenvalue weighted by Crippen LogP contribution is 2.43. The summed E-state index contributed by atoms with van der Waals surface area (Å²) in [6.45, 7) is 6.95. The van der Waals surface area contributed by atoms with Crippen molar-refractivity contribution in [2.75, 3.05) is 7.11 Å². The zero-order valence-corrected chi connectivity index (χ0v) is 18.3.